The van der Waals surface area contributed by atoms with Gasteiger partial charge in [-0.2, -0.15) is 0 Å². The monoisotopic (exact) mass is 196 g/mol. The van der Waals surface area contributed by atoms with E-state index in [-0.39, 0.29) is 5.60 Å². The van der Waals surface area contributed by atoms with Crippen LogP contribution in [0, 0.1) is 11.8 Å². The molecule has 2 unspecified atom stereocenters. The fraction of sp³-hybridized carbons (Fsp3) is 1.00. The molecule has 2 aliphatic rings. The zero-order valence-corrected chi connectivity index (χ0v) is 9.47. The van der Waals surface area contributed by atoms with Crippen molar-refractivity contribution in [2.45, 2.75) is 70.3 Å². The third kappa shape index (κ3) is 2.31. The van der Waals surface area contributed by atoms with E-state index in [1.807, 2.05) is 0 Å². The summed E-state index contributed by atoms with van der Waals surface area (Å²) in [7, 11) is 0. The molecule has 2 saturated carbocycles. The van der Waals surface area contributed by atoms with E-state index in [2.05, 4.69) is 6.92 Å². The Bertz CT molecular complexity index is 186. The Hall–Kier alpha value is -0.0400. The molecule has 2 atom stereocenters. The molecule has 0 aromatic carbocycles. The zero-order valence-electron chi connectivity index (χ0n) is 9.47. The Morgan fingerprint density at radius 2 is 2.00 bits per heavy atom. The molecule has 1 N–H and O–H groups in total. The van der Waals surface area contributed by atoms with Gasteiger partial charge >= 0.3 is 0 Å². The van der Waals surface area contributed by atoms with Crippen molar-refractivity contribution in [3.8, 4) is 0 Å². The lowest BCUT2D eigenvalue weighted by molar-refractivity contribution is -0.0584. The number of hydrogen-bond acceptors (Lipinski definition) is 1. The molecule has 82 valence electrons. The van der Waals surface area contributed by atoms with Crippen molar-refractivity contribution in [2.24, 2.45) is 11.8 Å². The first kappa shape index (κ1) is 10.5. The normalized spacial score (nSPS) is 38.6. The maximum absolute atomic E-state index is 10.6. The molecule has 0 bridgehead atoms. The standard InChI is InChI=1S/C13H24O/c1-2-12-5-3-4-9-13(12,14)10-8-11-6-7-11/h11-12,14H,2-10H2,1H3. The van der Waals surface area contributed by atoms with E-state index >= 15 is 0 Å². The van der Waals surface area contributed by atoms with Crippen LogP contribution in [0.4, 0.5) is 0 Å². The molecular formula is C13H24O. The van der Waals surface area contributed by atoms with Gasteiger partial charge in [0.05, 0.1) is 5.60 Å². The summed E-state index contributed by atoms with van der Waals surface area (Å²) in [5.41, 5.74) is -0.282. The molecule has 0 amide bonds. The van der Waals surface area contributed by atoms with Gasteiger partial charge in [0, 0.05) is 0 Å². The Morgan fingerprint density at radius 1 is 1.21 bits per heavy atom. The van der Waals surface area contributed by atoms with E-state index in [9.17, 15) is 5.11 Å². The van der Waals surface area contributed by atoms with Crippen molar-refractivity contribution in [3.05, 3.63) is 0 Å². The summed E-state index contributed by atoms with van der Waals surface area (Å²) < 4.78 is 0. The van der Waals surface area contributed by atoms with E-state index in [0.29, 0.717) is 5.92 Å². The van der Waals surface area contributed by atoms with E-state index < -0.39 is 0 Å². The maximum Gasteiger partial charge on any atom is 0.0675 e. The number of aliphatic hydroxyl groups is 1. The van der Waals surface area contributed by atoms with Gasteiger partial charge < -0.3 is 5.11 Å². The highest BCUT2D eigenvalue weighted by molar-refractivity contribution is 4.90. The number of rotatable bonds is 4. The zero-order chi connectivity index (χ0) is 10.0. The first-order valence-corrected chi connectivity index (χ1v) is 6.47. The highest BCUT2D eigenvalue weighted by atomic mass is 16.3. The van der Waals surface area contributed by atoms with Crippen LogP contribution in [-0.4, -0.2) is 10.7 Å². The van der Waals surface area contributed by atoms with Crippen molar-refractivity contribution in [1.82, 2.24) is 0 Å². The summed E-state index contributed by atoms with van der Waals surface area (Å²) in [6.07, 6.45) is 11.3. The molecule has 0 spiro atoms. The Kier molecular flexibility index (Phi) is 3.16. The van der Waals surface area contributed by atoms with Gasteiger partial charge in [0.2, 0.25) is 0 Å². The Labute approximate surface area is 87.9 Å². The molecule has 14 heavy (non-hydrogen) atoms. The molecule has 2 rings (SSSR count). The minimum atomic E-state index is -0.282. The largest absolute Gasteiger partial charge is 0.390 e. The molecule has 1 heteroatoms. The molecule has 0 aliphatic heterocycles. The quantitative estimate of drug-likeness (QED) is 0.729. The van der Waals surface area contributed by atoms with Gasteiger partial charge in [0.15, 0.2) is 0 Å². The van der Waals surface area contributed by atoms with Crippen molar-refractivity contribution in [2.75, 3.05) is 0 Å². The van der Waals surface area contributed by atoms with E-state index in [4.69, 9.17) is 0 Å². The molecular weight excluding hydrogens is 172 g/mol. The summed E-state index contributed by atoms with van der Waals surface area (Å²) >= 11 is 0. The lowest BCUT2D eigenvalue weighted by atomic mass is 9.71. The lowest BCUT2D eigenvalue weighted by Crippen LogP contribution is -2.40. The minimum absolute atomic E-state index is 0.282. The predicted octanol–water partition coefficient (Wildman–Crippen LogP) is 3.51. The molecule has 0 radical (unpaired) electrons. The van der Waals surface area contributed by atoms with Crippen molar-refractivity contribution < 1.29 is 5.11 Å². The maximum atomic E-state index is 10.6. The summed E-state index contributed by atoms with van der Waals surface area (Å²) in [6.45, 7) is 2.23. The highest BCUT2D eigenvalue weighted by Crippen LogP contribution is 2.42. The van der Waals surface area contributed by atoms with Crippen LogP contribution in [0.15, 0.2) is 0 Å². The van der Waals surface area contributed by atoms with Crippen LogP contribution < -0.4 is 0 Å². The first-order valence-electron chi connectivity index (χ1n) is 6.47. The van der Waals surface area contributed by atoms with Crippen LogP contribution in [0.25, 0.3) is 0 Å². The lowest BCUT2D eigenvalue weighted by Gasteiger charge is -2.40. The van der Waals surface area contributed by atoms with Crippen LogP contribution in [0.3, 0.4) is 0 Å². The van der Waals surface area contributed by atoms with E-state index in [1.54, 1.807) is 0 Å². The van der Waals surface area contributed by atoms with Crippen LogP contribution >= 0.6 is 0 Å². The molecule has 2 aliphatic carbocycles. The minimum Gasteiger partial charge on any atom is -0.390 e. The first-order chi connectivity index (χ1) is 6.74. The van der Waals surface area contributed by atoms with Gasteiger partial charge in [-0.05, 0) is 37.5 Å². The van der Waals surface area contributed by atoms with Gasteiger partial charge in [-0.15, -0.1) is 0 Å². The second-order valence-corrected chi connectivity index (χ2v) is 5.44. The molecule has 0 heterocycles. The van der Waals surface area contributed by atoms with Gasteiger partial charge in [-0.25, -0.2) is 0 Å². The summed E-state index contributed by atoms with van der Waals surface area (Å²) in [4.78, 5) is 0. The third-order valence-electron chi connectivity index (χ3n) is 4.35. The molecule has 0 aromatic heterocycles. The van der Waals surface area contributed by atoms with Gasteiger partial charge in [-0.3, -0.25) is 0 Å². The van der Waals surface area contributed by atoms with Gasteiger partial charge in [0.1, 0.15) is 0 Å². The molecule has 0 aromatic rings. The summed E-state index contributed by atoms with van der Waals surface area (Å²) in [6, 6.07) is 0. The Morgan fingerprint density at radius 3 is 2.64 bits per heavy atom. The van der Waals surface area contributed by atoms with Crippen molar-refractivity contribution in [3.63, 3.8) is 0 Å². The summed E-state index contributed by atoms with van der Waals surface area (Å²) in [5, 5.41) is 10.6. The van der Waals surface area contributed by atoms with Crippen LogP contribution in [0.2, 0.25) is 0 Å². The SMILES string of the molecule is CCC1CCCCC1(O)CCC1CC1. The Balaban J connectivity index is 1.87. The van der Waals surface area contributed by atoms with Crippen LogP contribution in [0.1, 0.15) is 64.7 Å². The molecule has 2 fully saturated rings. The smallest absolute Gasteiger partial charge is 0.0675 e. The number of hydrogen-bond donors (Lipinski definition) is 1. The molecule has 1 nitrogen and oxygen atoms in total. The second kappa shape index (κ2) is 4.22. The van der Waals surface area contributed by atoms with Crippen molar-refractivity contribution >= 4 is 0 Å². The topological polar surface area (TPSA) is 20.2 Å². The van der Waals surface area contributed by atoms with Crippen molar-refractivity contribution in [1.29, 1.82) is 0 Å². The van der Waals surface area contributed by atoms with Crippen LogP contribution in [0.5, 0.6) is 0 Å². The molecule has 0 saturated heterocycles. The average molecular weight is 196 g/mol. The fourth-order valence-corrected chi connectivity index (χ4v) is 3.07. The van der Waals surface area contributed by atoms with E-state index in [1.165, 1.54) is 44.9 Å². The van der Waals surface area contributed by atoms with E-state index in [0.717, 1.165) is 18.8 Å². The van der Waals surface area contributed by atoms with Gasteiger partial charge in [-0.1, -0.05) is 39.0 Å². The van der Waals surface area contributed by atoms with Gasteiger partial charge in [0.25, 0.3) is 0 Å². The third-order valence-corrected chi connectivity index (χ3v) is 4.35. The summed E-state index contributed by atoms with van der Waals surface area (Å²) in [5.74, 6) is 1.56. The fourth-order valence-electron chi connectivity index (χ4n) is 3.07. The highest BCUT2D eigenvalue weighted by Gasteiger charge is 2.38. The second-order valence-electron chi connectivity index (χ2n) is 5.44. The van der Waals surface area contributed by atoms with Crippen LogP contribution in [-0.2, 0) is 0 Å². The average Bonchev–Trinajstić information content (AvgIpc) is 2.99. The predicted molar refractivity (Wildman–Crippen MR) is 59.2 cm³/mol.